The highest BCUT2D eigenvalue weighted by Gasteiger charge is 2.20. The number of nitrogens with zero attached hydrogens (tertiary/aromatic N) is 1. The molecule has 2 aromatic rings. The van der Waals surface area contributed by atoms with E-state index in [2.05, 4.69) is 0 Å². The Morgan fingerprint density at radius 3 is 2.30 bits per heavy atom. The van der Waals surface area contributed by atoms with E-state index >= 15 is 0 Å². The fraction of sp³-hybridized carbons (Fsp3) is 0.312. The van der Waals surface area contributed by atoms with Gasteiger partial charge in [0.1, 0.15) is 5.75 Å². The summed E-state index contributed by atoms with van der Waals surface area (Å²) in [6.45, 7) is 5.08. The van der Waals surface area contributed by atoms with Crippen molar-refractivity contribution in [1.29, 1.82) is 0 Å². The third-order valence-corrected chi connectivity index (χ3v) is 3.25. The van der Waals surface area contributed by atoms with Crippen molar-refractivity contribution >= 4 is 0 Å². The van der Waals surface area contributed by atoms with Crippen molar-refractivity contribution in [2.75, 3.05) is 7.11 Å². The predicted molar refractivity (Wildman–Crippen MR) is 78.6 cm³/mol. The summed E-state index contributed by atoms with van der Waals surface area (Å²) in [6.07, 6.45) is 1.69. The molecule has 0 atom stereocenters. The molecule has 106 valence electrons. The molecule has 0 fully saturated rings. The van der Waals surface area contributed by atoms with E-state index in [1.54, 1.807) is 27.2 Å². The average Bonchev–Trinajstić information content (AvgIpc) is 2.37. The molecule has 1 heterocycles. The summed E-state index contributed by atoms with van der Waals surface area (Å²) >= 11 is 0. The first-order chi connectivity index (χ1) is 9.32. The van der Waals surface area contributed by atoms with E-state index in [0.29, 0.717) is 5.56 Å². The van der Waals surface area contributed by atoms with Crippen molar-refractivity contribution in [3.05, 3.63) is 58.0 Å². The molecular formula is C16H19NO3. The number of methoxy groups -OCH3 is 1. The first-order valence-electron chi connectivity index (χ1n) is 6.43. The Kier molecular flexibility index (Phi) is 3.68. The normalized spacial score (nSPS) is 11.4. The van der Waals surface area contributed by atoms with E-state index in [4.69, 9.17) is 4.74 Å². The van der Waals surface area contributed by atoms with Crippen LogP contribution in [0.4, 0.5) is 0 Å². The molecule has 1 aromatic heterocycles. The molecule has 0 bridgehead atoms. The molecule has 4 heteroatoms. The first kappa shape index (κ1) is 14.3. The quantitative estimate of drug-likeness (QED) is 0.934. The molecule has 0 amide bonds. The molecule has 0 saturated carbocycles. The Bertz CT molecular complexity index is 664. The summed E-state index contributed by atoms with van der Waals surface area (Å²) in [6, 6.07) is 9.07. The Morgan fingerprint density at radius 2 is 1.80 bits per heavy atom. The lowest BCUT2D eigenvalue weighted by atomic mass is 9.99. The fourth-order valence-corrected chi connectivity index (χ4v) is 2.11. The van der Waals surface area contributed by atoms with Crippen LogP contribution in [-0.2, 0) is 5.60 Å². The predicted octanol–water partition coefficient (Wildman–Crippen LogP) is 2.38. The van der Waals surface area contributed by atoms with Crippen molar-refractivity contribution in [3.8, 4) is 11.4 Å². The molecular weight excluding hydrogens is 254 g/mol. The number of benzene rings is 1. The van der Waals surface area contributed by atoms with Gasteiger partial charge in [0.25, 0.3) is 0 Å². The van der Waals surface area contributed by atoms with Gasteiger partial charge in [0.15, 0.2) is 5.43 Å². The van der Waals surface area contributed by atoms with Crippen molar-refractivity contribution in [2.24, 2.45) is 0 Å². The van der Waals surface area contributed by atoms with Crippen LogP contribution in [0.2, 0.25) is 0 Å². The van der Waals surface area contributed by atoms with Gasteiger partial charge in [0.05, 0.1) is 12.7 Å². The molecule has 0 aliphatic heterocycles. The van der Waals surface area contributed by atoms with Crippen LogP contribution >= 0.6 is 0 Å². The molecule has 0 unspecified atom stereocenters. The molecule has 0 aliphatic carbocycles. The largest absolute Gasteiger partial charge is 0.497 e. The van der Waals surface area contributed by atoms with Gasteiger partial charge >= 0.3 is 0 Å². The van der Waals surface area contributed by atoms with Gasteiger partial charge in [-0.3, -0.25) is 4.79 Å². The van der Waals surface area contributed by atoms with E-state index in [0.717, 1.165) is 17.1 Å². The van der Waals surface area contributed by atoms with Crippen LogP contribution in [0.25, 0.3) is 5.69 Å². The Hall–Kier alpha value is -2.07. The van der Waals surface area contributed by atoms with E-state index < -0.39 is 5.60 Å². The molecule has 4 nitrogen and oxygen atoms in total. The number of hydrogen-bond acceptors (Lipinski definition) is 3. The van der Waals surface area contributed by atoms with Crippen LogP contribution in [-0.4, -0.2) is 16.8 Å². The van der Waals surface area contributed by atoms with Gasteiger partial charge < -0.3 is 14.4 Å². The van der Waals surface area contributed by atoms with Crippen LogP contribution in [0.1, 0.15) is 25.1 Å². The number of aryl methyl sites for hydroxylation is 1. The molecule has 1 aromatic carbocycles. The van der Waals surface area contributed by atoms with Gasteiger partial charge in [-0.1, -0.05) is 0 Å². The third kappa shape index (κ3) is 2.75. The van der Waals surface area contributed by atoms with Gasteiger partial charge in [-0.25, -0.2) is 0 Å². The van der Waals surface area contributed by atoms with Crippen LogP contribution in [0.3, 0.4) is 0 Å². The minimum Gasteiger partial charge on any atom is -0.497 e. The molecule has 20 heavy (non-hydrogen) atoms. The zero-order valence-electron chi connectivity index (χ0n) is 12.2. The lowest BCUT2D eigenvalue weighted by Crippen LogP contribution is -2.27. The second kappa shape index (κ2) is 5.13. The Balaban J connectivity index is 2.58. The van der Waals surface area contributed by atoms with Crippen LogP contribution in [0.5, 0.6) is 5.75 Å². The number of ether oxygens (including phenoxy) is 1. The molecule has 2 rings (SSSR count). The molecule has 0 radical (unpaired) electrons. The minimum atomic E-state index is -1.17. The van der Waals surface area contributed by atoms with E-state index in [1.165, 1.54) is 6.07 Å². The SMILES string of the molecule is COc1ccc(-n2cc(C(C)(C)O)c(=O)cc2C)cc1. The zero-order chi connectivity index (χ0) is 14.9. The molecule has 0 saturated heterocycles. The fourth-order valence-electron chi connectivity index (χ4n) is 2.11. The van der Waals surface area contributed by atoms with Crippen molar-refractivity contribution in [2.45, 2.75) is 26.4 Å². The molecule has 0 spiro atoms. The van der Waals surface area contributed by atoms with Crippen LogP contribution in [0, 0.1) is 6.92 Å². The van der Waals surface area contributed by atoms with Crippen molar-refractivity contribution < 1.29 is 9.84 Å². The highest BCUT2D eigenvalue weighted by molar-refractivity contribution is 5.40. The topological polar surface area (TPSA) is 51.5 Å². The minimum absolute atomic E-state index is 0.153. The highest BCUT2D eigenvalue weighted by Crippen LogP contribution is 2.20. The number of aliphatic hydroxyl groups is 1. The molecule has 1 N–H and O–H groups in total. The summed E-state index contributed by atoms with van der Waals surface area (Å²) in [7, 11) is 1.62. The second-order valence-corrected chi connectivity index (χ2v) is 5.32. The second-order valence-electron chi connectivity index (χ2n) is 5.32. The van der Waals surface area contributed by atoms with E-state index in [9.17, 15) is 9.90 Å². The lowest BCUT2D eigenvalue weighted by molar-refractivity contribution is 0.0769. The number of rotatable bonds is 3. The maximum atomic E-state index is 12.0. The summed E-state index contributed by atoms with van der Waals surface area (Å²) in [5, 5.41) is 10.1. The summed E-state index contributed by atoms with van der Waals surface area (Å²) in [4.78, 5) is 12.0. The van der Waals surface area contributed by atoms with Crippen molar-refractivity contribution in [1.82, 2.24) is 4.57 Å². The Labute approximate surface area is 118 Å². The number of pyridine rings is 1. The maximum absolute atomic E-state index is 12.0. The number of aromatic nitrogens is 1. The van der Waals surface area contributed by atoms with Gasteiger partial charge in [-0.2, -0.15) is 0 Å². The average molecular weight is 273 g/mol. The third-order valence-electron chi connectivity index (χ3n) is 3.25. The lowest BCUT2D eigenvalue weighted by Gasteiger charge is -2.20. The Morgan fingerprint density at radius 1 is 1.20 bits per heavy atom. The summed E-state index contributed by atoms with van der Waals surface area (Å²) in [5.41, 5.74) is 0.777. The summed E-state index contributed by atoms with van der Waals surface area (Å²) in [5.74, 6) is 0.773. The van der Waals surface area contributed by atoms with E-state index in [1.807, 2.05) is 35.8 Å². The summed E-state index contributed by atoms with van der Waals surface area (Å²) < 4.78 is 7.02. The van der Waals surface area contributed by atoms with Gasteiger partial charge in [0.2, 0.25) is 0 Å². The smallest absolute Gasteiger partial charge is 0.187 e. The maximum Gasteiger partial charge on any atom is 0.187 e. The van der Waals surface area contributed by atoms with Gasteiger partial charge in [-0.05, 0) is 45.0 Å². The zero-order valence-corrected chi connectivity index (χ0v) is 12.2. The highest BCUT2D eigenvalue weighted by atomic mass is 16.5. The van der Waals surface area contributed by atoms with Crippen LogP contribution < -0.4 is 10.2 Å². The van der Waals surface area contributed by atoms with Gasteiger partial charge in [0, 0.05) is 29.2 Å². The number of hydrogen-bond donors (Lipinski definition) is 1. The first-order valence-corrected chi connectivity index (χ1v) is 6.43. The van der Waals surface area contributed by atoms with Crippen molar-refractivity contribution in [3.63, 3.8) is 0 Å². The van der Waals surface area contributed by atoms with Crippen LogP contribution in [0.15, 0.2) is 41.3 Å². The monoisotopic (exact) mass is 273 g/mol. The van der Waals surface area contributed by atoms with E-state index in [-0.39, 0.29) is 5.43 Å². The van der Waals surface area contributed by atoms with Gasteiger partial charge in [-0.15, -0.1) is 0 Å². The standard InChI is InChI=1S/C16H19NO3/c1-11-9-15(18)14(16(2,3)19)10-17(11)12-5-7-13(20-4)8-6-12/h5-10,19H,1-4H3. The molecule has 0 aliphatic rings.